The number of rotatable bonds is 4. The number of amides is 1. The topological polar surface area (TPSA) is 53.6 Å². The summed E-state index contributed by atoms with van der Waals surface area (Å²) in [5, 5.41) is 6.74. The molecule has 1 aromatic carbocycles. The van der Waals surface area contributed by atoms with E-state index in [4.69, 9.17) is 11.6 Å². The molecule has 1 aliphatic rings. The normalized spacial score (nSPS) is 18.1. The van der Waals surface area contributed by atoms with Crippen LogP contribution in [0.25, 0.3) is 0 Å². The molecule has 5 nitrogen and oxygen atoms in total. The lowest BCUT2D eigenvalue weighted by Crippen LogP contribution is -2.37. The zero-order valence-electron chi connectivity index (χ0n) is 11.8. The molecule has 1 aromatic rings. The second kappa shape index (κ2) is 6.81. The van der Waals surface area contributed by atoms with E-state index in [2.05, 4.69) is 20.3 Å². The van der Waals surface area contributed by atoms with Gasteiger partial charge in [0.2, 0.25) is 0 Å². The number of nitrogens with one attached hydrogen (secondary N) is 2. The van der Waals surface area contributed by atoms with Gasteiger partial charge in [-0.1, -0.05) is 11.6 Å². The Morgan fingerprint density at radius 1 is 1.55 bits per heavy atom. The fraction of sp³-hybridized carbons (Fsp3) is 0.500. The second-order valence-corrected chi connectivity index (χ2v) is 5.31. The van der Waals surface area contributed by atoms with Crippen LogP contribution in [-0.2, 0) is 11.3 Å². The van der Waals surface area contributed by atoms with Crippen LogP contribution >= 0.6 is 11.6 Å². The number of carbonyl (C=O) groups excluding carboxylic acids is 1. The van der Waals surface area contributed by atoms with Crippen molar-refractivity contribution in [3.63, 3.8) is 0 Å². The molecule has 0 bridgehead atoms. The second-order valence-electron chi connectivity index (χ2n) is 4.87. The fourth-order valence-electron chi connectivity index (χ4n) is 2.52. The lowest BCUT2D eigenvalue weighted by molar-refractivity contribution is 0.167. The molecule has 0 saturated carbocycles. The summed E-state index contributed by atoms with van der Waals surface area (Å²) in [4.78, 5) is 13.5. The molecule has 1 heterocycles. The summed E-state index contributed by atoms with van der Waals surface area (Å²) >= 11 is 6.06. The molecule has 1 unspecified atom stereocenters. The van der Waals surface area contributed by atoms with Crippen molar-refractivity contribution >= 4 is 23.4 Å². The summed E-state index contributed by atoms with van der Waals surface area (Å²) in [7, 11) is 3.29. The summed E-state index contributed by atoms with van der Waals surface area (Å²) < 4.78 is 4.64. The largest absolute Gasteiger partial charge is 0.453 e. The van der Waals surface area contributed by atoms with Gasteiger partial charge in [0.05, 0.1) is 13.2 Å². The molecule has 110 valence electrons. The van der Waals surface area contributed by atoms with Crippen LogP contribution in [0.3, 0.4) is 0 Å². The van der Waals surface area contributed by atoms with E-state index >= 15 is 0 Å². The number of halogens is 1. The predicted octanol–water partition coefficient (Wildman–Crippen LogP) is 1.99. The first-order chi connectivity index (χ1) is 9.63. The van der Waals surface area contributed by atoms with Crippen LogP contribution in [0, 0.1) is 0 Å². The lowest BCUT2D eigenvalue weighted by Gasteiger charge is -2.22. The van der Waals surface area contributed by atoms with Gasteiger partial charge < -0.3 is 20.3 Å². The van der Waals surface area contributed by atoms with Gasteiger partial charge >= 0.3 is 6.09 Å². The quantitative estimate of drug-likeness (QED) is 0.892. The molecule has 6 heteroatoms. The minimum Gasteiger partial charge on any atom is -0.453 e. The number of alkyl carbamates (subject to hydrolysis) is 1. The number of nitrogens with zero attached hydrogens (tertiary/aromatic N) is 1. The smallest absolute Gasteiger partial charge is 0.407 e. The van der Waals surface area contributed by atoms with E-state index in [1.165, 1.54) is 12.7 Å². The Morgan fingerprint density at radius 3 is 3.05 bits per heavy atom. The van der Waals surface area contributed by atoms with Gasteiger partial charge in [0.25, 0.3) is 0 Å². The monoisotopic (exact) mass is 297 g/mol. The van der Waals surface area contributed by atoms with Crippen molar-refractivity contribution in [2.24, 2.45) is 0 Å². The molecule has 1 amide bonds. The number of methoxy groups -OCH3 is 1. The summed E-state index contributed by atoms with van der Waals surface area (Å²) in [6.07, 6.45) is 0.542. The maximum atomic E-state index is 11.2. The molecule has 1 atom stereocenters. The molecule has 1 aliphatic heterocycles. The summed E-state index contributed by atoms with van der Waals surface area (Å²) in [6.45, 7) is 2.46. The van der Waals surface area contributed by atoms with Gasteiger partial charge in [-0.25, -0.2) is 4.79 Å². The molecule has 0 spiro atoms. The van der Waals surface area contributed by atoms with Crippen molar-refractivity contribution in [3.05, 3.63) is 28.8 Å². The number of anilines is 1. The highest BCUT2D eigenvalue weighted by Crippen LogP contribution is 2.27. The van der Waals surface area contributed by atoms with E-state index in [1.54, 1.807) is 0 Å². The highest BCUT2D eigenvalue weighted by molar-refractivity contribution is 6.30. The van der Waals surface area contributed by atoms with E-state index in [9.17, 15) is 4.79 Å². The molecule has 0 aromatic heterocycles. The van der Waals surface area contributed by atoms with Crippen LogP contribution in [0.15, 0.2) is 18.2 Å². The minimum atomic E-state index is -0.372. The van der Waals surface area contributed by atoms with Gasteiger partial charge in [-0.05, 0) is 37.2 Å². The van der Waals surface area contributed by atoms with Gasteiger partial charge in [-0.2, -0.15) is 0 Å². The first-order valence-corrected chi connectivity index (χ1v) is 7.04. The van der Waals surface area contributed by atoms with Crippen LogP contribution in [0.4, 0.5) is 10.5 Å². The van der Waals surface area contributed by atoms with Crippen LogP contribution in [0.5, 0.6) is 0 Å². The average Bonchev–Trinajstić information content (AvgIpc) is 2.87. The highest BCUT2D eigenvalue weighted by atomic mass is 35.5. The van der Waals surface area contributed by atoms with Gasteiger partial charge in [-0.3, -0.25) is 0 Å². The minimum absolute atomic E-state index is 0.126. The first kappa shape index (κ1) is 14.9. The maximum absolute atomic E-state index is 11.2. The lowest BCUT2D eigenvalue weighted by atomic mass is 10.1. The SMILES string of the molecule is CNCc1cc(Cl)ccc1N1CCC(NC(=O)OC)C1. The Bertz CT molecular complexity index is 481. The highest BCUT2D eigenvalue weighted by Gasteiger charge is 2.25. The number of carbonyl (C=O) groups is 1. The molecule has 2 rings (SSSR count). The number of hydrogen-bond acceptors (Lipinski definition) is 4. The van der Waals surface area contributed by atoms with Crippen LogP contribution in [0.1, 0.15) is 12.0 Å². The molecular weight excluding hydrogens is 278 g/mol. The molecule has 1 fully saturated rings. The van der Waals surface area contributed by atoms with Crippen LogP contribution in [-0.4, -0.2) is 39.4 Å². The Labute approximate surface area is 124 Å². The van der Waals surface area contributed by atoms with Gasteiger partial charge in [-0.15, -0.1) is 0 Å². The summed E-state index contributed by atoms with van der Waals surface area (Å²) in [5.74, 6) is 0. The van der Waals surface area contributed by atoms with Crippen molar-refractivity contribution in [3.8, 4) is 0 Å². The van der Waals surface area contributed by atoms with Gasteiger partial charge in [0, 0.05) is 30.3 Å². The van der Waals surface area contributed by atoms with E-state index in [0.717, 1.165) is 36.8 Å². The van der Waals surface area contributed by atoms with Crippen molar-refractivity contribution in [1.29, 1.82) is 0 Å². The molecule has 1 saturated heterocycles. The fourth-order valence-corrected chi connectivity index (χ4v) is 2.71. The van der Waals surface area contributed by atoms with Crippen molar-refractivity contribution < 1.29 is 9.53 Å². The Hall–Kier alpha value is -1.46. The maximum Gasteiger partial charge on any atom is 0.407 e. The van der Waals surface area contributed by atoms with E-state index in [-0.39, 0.29) is 12.1 Å². The number of ether oxygens (including phenoxy) is 1. The zero-order chi connectivity index (χ0) is 14.5. The Morgan fingerprint density at radius 2 is 2.35 bits per heavy atom. The molecule has 2 N–H and O–H groups in total. The van der Waals surface area contributed by atoms with Crippen LogP contribution in [0.2, 0.25) is 5.02 Å². The summed E-state index contributed by atoms with van der Waals surface area (Å²) in [6, 6.07) is 6.04. The zero-order valence-corrected chi connectivity index (χ0v) is 12.5. The number of benzene rings is 1. The van der Waals surface area contributed by atoms with Crippen molar-refractivity contribution in [2.75, 3.05) is 32.1 Å². The average molecular weight is 298 g/mol. The van der Waals surface area contributed by atoms with Gasteiger partial charge in [0.1, 0.15) is 0 Å². The summed E-state index contributed by atoms with van der Waals surface area (Å²) in [5.41, 5.74) is 2.33. The third-order valence-electron chi connectivity index (χ3n) is 3.45. The van der Waals surface area contributed by atoms with Gasteiger partial charge in [0.15, 0.2) is 0 Å². The molecule has 0 radical (unpaired) electrons. The third-order valence-corrected chi connectivity index (χ3v) is 3.68. The molecule has 0 aliphatic carbocycles. The van der Waals surface area contributed by atoms with Crippen LogP contribution < -0.4 is 15.5 Å². The van der Waals surface area contributed by atoms with E-state index < -0.39 is 0 Å². The van der Waals surface area contributed by atoms with Crippen molar-refractivity contribution in [2.45, 2.75) is 19.0 Å². The molecular formula is C14H20ClN3O2. The van der Waals surface area contributed by atoms with E-state index in [0.29, 0.717) is 0 Å². The third kappa shape index (κ3) is 3.55. The van der Waals surface area contributed by atoms with E-state index in [1.807, 2.05) is 25.2 Å². The Balaban J connectivity index is 2.07. The first-order valence-electron chi connectivity index (χ1n) is 6.66. The Kier molecular flexibility index (Phi) is 5.09. The standard InChI is InChI=1S/C14H20ClN3O2/c1-16-8-10-7-11(15)3-4-13(10)18-6-5-12(9-18)17-14(19)20-2/h3-4,7,12,16H,5-6,8-9H2,1-2H3,(H,17,19). The predicted molar refractivity (Wildman–Crippen MR) is 80.4 cm³/mol. The van der Waals surface area contributed by atoms with Crippen molar-refractivity contribution in [1.82, 2.24) is 10.6 Å². The number of hydrogen-bond donors (Lipinski definition) is 2. The molecule has 20 heavy (non-hydrogen) atoms.